The Morgan fingerprint density at radius 2 is 2.32 bits per heavy atom. The van der Waals surface area contributed by atoms with Crippen LogP contribution in [-0.2, 0) is 4.74 Å². The van der Waals surface area contributed by atoms with E-state index in [-0.39, 0.29) is 16.7 Å². The molecule has 2 aliphatic rings. The summed E-state index contributed by atoms with van der Waals surface area (Å²) in [5.74, 6) is 0.326. The number of hydrogen-bond acceptors (Lipinski definition) is 5. The third-order valence-corrected chi connectivity index (χ3v) is 4.55. The van der Waals surface area contributed by atoms with Gasteiger partial charge in [0.25, 0.3) is 0 Å². The first-order valence-corrected chi connectivity index (χ1v) is 7.91. The molecule has 1 N–H and O–H groups in total. The van der Waals surface area contributed by atoms with Gasteiger partial charge in [-0.15, -0.1) is 0 Å². The zero-order chi connectivity index (χ0) is 15.7. The second-order valence-electron chi connectivity index (χ2n) is 6.02. The Bertz CT molecular complexity index is 563. The molecule has 4 atom stereocenters. The van der Waals surface area contributed by atoms with Gasteiger partial charge in [-0.05, 0) is 44.7 Å². The van der Waals surface area contributed by atoms with E-state index in [1.165, 1.54) is 0 Å². The number of benzene rings is 1. The molecule has 0 aliphatic carbocycles. The first-order chi connectivity index (χ1) is 10.6. The Labute approximate surface area is 129 Å². The molecule has 1 aromatic carbocycles. The summed E-state index contributed by atoms with van der Waals surface area (Å²) in [7, 11) is 0. The Morgan fingerprint density at radius 3 is 2.91 bits per heavy atom. The van der Waals surface area contributed by atoms with E-state index in [9.17, 15) is 10.1 Å². The van der Waals surface area contributed by atoms with Gasteiger partial charge in [0.15, 0.2) is 5.75 Å². The van der Waals surface area contributed by atoms with Gasteiger partial charge in [-0.2, -0.15) is 0 Å². The van der Waals surface area contributed by atoms with Gasteiger partial charge in [0.2, 0.25) is 0 Å². The third kappa shape index (κ3) is 2.94. The monoisotopic (exact) mass is 306 g/mol. The van der Waals surface area contributed by atoms with Crippen LogP contribution < -0.4 is 10.1 Å². The van der Waals surface area contributed by atoms with Crippen LogP contribution >= 0.6 is 0 Å². The molecule has 3 rings (SSSR count). The van der Waals surface area contributed by atoms with E-state index >= 15 is 0 Å². The predicted molar refractivity (Wildman–Crippen MR) is 82.1 cm³/mol. The van der Waals surface area contributed by atoms with Crippen LogP contribution in [0.25, 0.3) is 0 Å². The standard InChI is InChI=1S/C16H22N2O4/c1-3-21-16-6-4-11(8-14(16)18(19)20)10(2)17-13-9-12-5-7-15(13)22-12/h4,6,8,10,12-13,15,17H,3,5,7,9H2,1-2H3/t10-,12-,13+,15-/m1/s1. The molecule has 6 heteroatoms. The van der Waals surface area contributed by atoms with Crippen molar-refractivity contribution in [1.29, 1.82) is 0 Å². The summed E-state index contributed by atoms with van der Waals surface area (Å²) in [4.78, 5) is 10.8. The number of rotatable bonds is 6. The fourth-order valence-electron chi connectivity index (χ4n) is 3.45. The highest BCUT2D eigenvalue weighted by Crippen LogP contribution is 2.36. The van der Waals surface area contributed by atoms with Crippen LogP contribution in [0.2, 0.25) is 0 Å². The molecule has 0 unspecified atom stereocenters. The second kappa shape index (κ2) is 6.22. The smallest absolute Gasteiger partial charge is 0.311 e. The number of nitrogens with one attached hydrogen (secondary N) is 1. The fraction of sp³-hybridized carbons (Fsp3) is 0.625. The van der Waals surface area contributed by atoms with Crippen molar-refractivity contribution in [1.82, 2.24) is 5.32 Å². The van der Waals surface area contributed by atoms with Crippen molar-refractivity contribution in [3.05, 3.63) is 33.9 Å². The molecule has 0 radical (unpaired) electrons. The van der Waals surface area contributed by atoms with Gasteiger partial charge in [0.1, 0.15) is 0 Å². The molecule has 0 aromatic heterocycles. The normalized spacial score (nSPS) is 27.8. The van der Waals surface area contributed by atoms with Crippen molar-refractivity contribution in [2.75, 3.05) is 6.61 Å². The minimum absolute atomic E-state index is 0.0252. The quantitative estimate of drug-likeness (QED) is 0.646. The maximum atomic E-state index is 11.2. The van der Waals surface area contributed by atoms with Crippen molar-refractivity contribution >= 4 is 5.69 Å². The lowest BCUT2D eigenvalue weighted by molar-refractivity contribution is -0.385. The number of fused-ring (bicyclic) bond motifs is 2. The molecular formula is C16H22N2O4. The van der Waals surface area contributed by atoms with Crippen molar-refractivity contribution in [2.45, 2.75) is 57.4 Å². The van der Waals surface area contributed by atoms with E-state index in [4.69, 9.17) is 9.47 Å². The van der Waals surface area contributed by atoms with Crippen LogP contribution in [0.3, 0.4) is 0 Å². The molecule has 2 aliphatic heterocycles. The van der Waals surface area contributed by atoms with Crippen LogP contribution in [-0.4, -0.2) is 29.8 Å². The van der Waals surface area contributed by atoms with Crippen LogP contribution in [0.5, 0.6) is 5.75 Å². The summed E-state index contributed by atoms with van der Waals surface area (Å²) in [5, 5.41) is 14.8. The number of nitro benzene ring substituents is 1. The maximum Gasteiger partial charge on any atom is 0.311 e. The van der Waals surface area contributed by atoms with Crippen LogP contribution in [0.1, 0.15) is 44.7 Å². The average Bonchev–Trinajstić information content (AvgIpc) is 3.10. The van der Waals surface area contributed by atoms with Crippen LogP contribution in [0.15, 0.2) is 18.2 Å². The van der Waals surface area contributed by atoms with E-state index in [0.29, 0.717) is 30.6 Å². The molecule has 2 bridgehead atoms. The lowest BCUT2D eigenvalue weighted by atomic mass is 9.94. The van der Waals surface area contributed by atoms with Gasteiger partial charge in [0, 0.05) is 18.2 Å². The summed E-state index contributed by atoms with van der Waals surface area (Å²) in [6, 6.07) is 5.58. The maximum absolute atomic E-state index is 11.2. The molecule has 1 aromatic rings. The lowest BCUT2D eigenvalue weighted by Crippen LogP contribution is -2.38. The fourth-order valence-corrected chi connectivity index (χ4v) is 3.45. The highest BCUT2D eigenvalue weighted by Gasteiger charge is 2.41. The Hall–Kier alpha value is -1.66. The zero-order valence-corrected chi connectivity index (χ0v) is 13.0. The van der Waals surface area contributed by atoms with E-state index in [0.717, 1.165) is 24.8 Å². The number of nitro groups is 1. The van der Waals surface area contributed by atoms with Gasteiger partial charge in [0.05, 0.1) is 23.7 Å². The third-order valence-electron chi connectivity index (χ3n) is 4.55. The number of ether oxygens (including phenoxy) is 2. The van der Waals surface area contributed by atoms with Crippen molar-refractivity contribution in [2.24, 2.45) is 0 Å². The molecule has 0 spiro atoms. The Balaban J connectivity index is 1.73. The lowest BCUT2D eigenvalue weighted by Gasteiger charge is -2.25. The summed E-state index contributed by atoms with van der Waals surface area (Å²) < 4.78 is 11.2. The molecule has 2 saturated heterocycles. The second-order valence-corrected chi connectivity index (χ2v) is 6.02. The predicted octanol–water partition coefficient (Wildman–Crippen LogP) is 2.96. The highest BCUT2D eigenvalue weighted by atomic mass is 16.6. The van der Waals surface area contributed by atoms with Crippen LogP contribution in [0, 0.1) is 10.1 Å². The van der Waals surface area contributed by atoms with E-state index in [2.05, 4.69) is 5.32 Å². The molecule has 2 heterocycles. The van der Waals surface area contributed by atoms with Gasteiger partial charge in [-0.3, -0.25) is 10.1 Å². The number of nitrogens with zero attached hydrogens (tertiary/aromatic N) is 1. The molecule has 22 heavy (non-hydrogen) atoms. The summed E-state index contributed by atoms with van der Waals surface area (Å²) in [6.45, 7) is 4.26. The Kier molecular flexibility index (Phi) is 4.31. The van der Waals surface area contributed by atoms with Gasteiger partial charge in [-0.1, -0.05) is 6.07 Å². The van der Waals surface area contributed by atoms with Gasteiger partial charge in [-0.25, -0.2) is 0 Å². The van der Waals surface area contributed by atoms with Crippen molar-refractivity contribution in [3.63, 3.8) is 0 Å². The summed E-state index contributed by atoms with van der Waals surface area (Å²) >= 11 is 0. The molecule has 0 amide bonds. The summed E-state index contributed by atoms with van der Waals surface area (Å²) in [6.07, 6.45) is 3.99. The SMILES string of the molecule is CCOc1ccc([C@@H](C)N[C@H]2C[C@H]3CC[C@H]2O3)cc1[N+](=O)[O-]. The first kappa shape index (κ1) is 15.2. The molecular weight excluding hydrogens is 284 g/mol. The highest BCUT2D eigenvalue weighted by molar-refractivity contribution is 5.49. The average molecular weight is 306 g/mol. The van der Waals surface area contributed by atoms with Gasteiger partial charge >= 0.3 is 5.69 Å². The van der Waals surface area contributed by atoms with Crippen LogP contribution in [0.4, 0.5) is 5.69 Å². The topological polar surface area (TPSA) is 73.6 Å². The molecule has 0 saturated carbocycles. The zero-order valence-electron chi connectivity index (χ0n) is 13.0. The number of hydrogen-bond donors (Lipinski definition) is 1. The minimum atomic E-state index is -0.387. The molecule has 2 fully saturated rings. The van der Waals surface area contributed by atoms with Crippen molar-refractivity contribution < 1.29 is 14.4 Å². The van der Waals surface area contributed by atoms with Crippen molar-refractivity contribution in [3.8, 4) is 5.75 Å². The summed E-state index contributed by atoms with van der Waals surface area (Å²) in [5.41, 5.74) is 0.926. The molecule has 6 nitrogen and oxygen atoms in total. The molecule has 120 valence electrons. The van der Waals surface area contributed by atoms with E-state index in [1.807, 2.05) is 19.9 Å². The first-order valence-electron chi connectivity index (χ1n) is 7.91. The van der Waals surface area contributed by atoms with Gasteiger partial charge < -0.3 is 14.8 Å². The van der Waals surface area contributed by atoms with E-state index in [1.54, 1.807) is 12.1 Å². The minimum Gasteiger partial charge on any atom is -0.487 e. The van der Waals surface area contributed by atoms with E-state index < -0.39 is 0 Å². The largest absolute Gasteiger partial charge is 0.487 e. The Morgan fingerprint density at radius 1 is 1.50 bits per heavy atom.